The van der Waals surface area contributed by atoms with E-state index in [1.165, 1.54) is 32.1 Å². The molecular weight excluding hydrogens is 697 g/mol. The maximum Gasteiger partial charge on any atom is 0.137 e. The van der Waals surface area contributed by atoms with Gasteiger partial charge < -0.3 is 20.1 Å². The third-order valence-corrected chi connectivity index (χ3v) is 11.9. The first kappa shape index (κ1) is 39.6. The average molecular weight is 753 g/mol. The molecule has 4 aromatic carbocycles. The molecule has 0 saturated heterocycles. The highest BCUT2D eigenvalue weighted by atomic mass is 32.1. The molecule has 0 amide bonds. The normalized spacial score (nSPS) is 17.6. The first-order valence-electron chi connectivity index (χ1n) is 20.3. The second-order valence-electron chi connectivity index (χ2n) is 14.7. The fraction of sp³-hybridized carbons (Fsp3) is 0.375. The number of benzene rings is 4. The van der Waals surface area contributed by atoms with Gasteiger partial charge in [-0.2, -0.15) is 5.26 Å². The lowest BCUT2D eigenvalue weighted by Crippen LogP contribution is -2.24. The maximum absolute atomic E-state index is 10.9. The minimum absolute atomic E-state index is 0.492. The lowest BCUT2D eigenvalue weighted by molar-refractivity contribution is 0.235. The van der Waals surface area contributed by atoms with Gasteiger partial charge in [-0.25, -0.2) is 4.98 Å². The molecule has 0 radical (unpaired) electrons. The van der Waals surface area contributed by atoms with Crippen molar-refractivity contribution in [1.29, 1.82) is 5.26 Å². The summed E-state index contributed by atoms with van der Waals surface area (Å²) >= 11 is 1.56. The van der Waals surface area contributed by atoms with Crippen molar-refractivity contribution in [3.63, 3.8) is 0 Å². The Morgan fingerprint density at radius 3 is 2.25 bits per heavy atom. The molecule has 1 aromatic heterocycles. The van der Waals surface area contributed by atoms with Gasteiger partial charge in [-0.15, -0.1) is 11.3 Å². The van der Waals surface area contributed by atoms with Gasteiger partial charge in [0.15, 0.2) is 0 Å². The van der Waals surface area contributed by atoms with E-state index in [4.69, 9.17) is 14.5 Å². The molecule has 2 N–H and O–H groups in total. The molecule has 2 heterocycles. The van der Waals surface area contributed by atoms with Crippen LogP contribution in [0.5, 0.6) is 11.5 Å². The van der Waals surface area contributed by atoms with Crippen molar-refractivity contribution in [3.05, 3.63) is 118 Å². The number of unbranched alkanes of at least 4 members (excludes halogenated alkanes) is 1. The third-order valence-electron chi connectivity index (χ3n) is 10.8. The summed E-state index contributed by atoms with van der Waals surface area (Å²) in [5.74, 6) is 3.01. The summed E-state index contributed by atoms with van der Waals surface area (Å²) in [6.45, 7) is 13.2. The highest BCUT2D eigenvalue weighted by Crippen LogP contribution is 2.35. The van der Waals surface area contributed by atoms with Crippen LogP contribution in [0.25, 0.3) is 38.0 Å². The minimum Gasteiger partial charge on any atom is -0.494 e. The Bertz CT molecular complexity index is 2170. The van der Waals surface area contributed by atoms with Crippen LogP contribution in [0.3, 0.4) is 0 Å². The largest absolute Gasteiger partial charge is 0.494 e. The fourth-order valence-corrected chi connectivity index (χ4v) is 8.39. The molecule has 55 heavy (non-hydrogen) atoms. The van der Waals surface area contributed by atoms with Crippen LogP contribution in [0, 0.1) is 23.2 Å². The number of hydrogen-bond acceptors (Lipinski definition) is 7. The minimum atomic E-state index is 0.492. The molecule has 6 nitrogen and oxygen atoms in total. The zero-order valence-corrected chi connectivity index (χ0v) is 34.0. The molecule has 1 aliphatic heterocycles. The zero-order valence-electron chi connectivity index (χ0n) is 33.2. The second kappa shape index (κ2) is 19.5. The van der Waals surface area contributed by atoms with Gasteiger partial charge in [0.2, 0.25) is 0 Å². The van der Waals surface area contributed by atoms with Crippen LogP contribution in [-0.2, 0) is 0 Å². The molecule has 1 aliphatic rings. The molecule has 5 aromatic rings. The topological polar surface area (TPSA) is 79.2 Å². The smallest absolute Gasteiger partial charge is 0.137 e. The highest BCUT2D eigenvalue weighted by Gasteiger charge is 2.20. The van der Waals surface area contributed by atoms with E-state index in [-0.39, 0.29) is 0 Å². The van der Waals surface area contributed by atoms with Crippen LogP contribution in [0.4, 0.5) is 0 Å². The molecule has 2 atom stereocenters. The summed E-state index contributed by atoms with van der Waals surface area (Å²) in [5, 5.41) is 21.3. The van der Waals surface area contributed by atoms with Crippen LogP contribution in [-0.4, -0.2) is 24.7 Å². The Kier molecular flexibility index (Phi) is 14.1. The van der Waals surface area contributed by atoms with Crippen molar-refractivity contribution in [2.24, 2.45) is 11.8 Å². The van der Waals surface area contributed by atoms with Crippen LogP contribution in [0.15, 0.2) is 102 Å². The predicted molar refractivity (Wildman–Crippen MR) is 232 cm³/mol. The first-order valence-corrected chi connectivity index (χ1v) is 21.1. The van der Waals surface area contributed by atoms with E-state index < -0.39 is 0 Å². The Balaban J connectivity index is 1.33. The SMILES string of the molecule is CCCCC(CC)CCOc1ccc(/C2=C(/C)CN/C(c3ccc(OCC(CC)CCC)cc3)=C/C(=C(\C#N)c3nc4ccc5ccccc5c4s3)N2)cc1. The summed E-state index contributed by atoms with van der Waals surface area (Å²) in [7, 11) is 0. The number of thiazole rings is 1. The predicted octanol–water partition coefficient (Wildman–Crippen LogP) is 12.5. The molecule has 0 bridgehead atoms. The van der Waals surface area contributed by atoms with E-state index in [0.29, 0.717) is 34.7 Å². The average Bonchev–Trinajstić information content (AvgIpc) is 3.65. The number of allylic oxidation sites excluding steroid dienone is 2. The number of fused-ring (bicyclic) bond motifs is 3. The Morgan fingerprint density at radius 1 is 0.818 bits per heavy atom. The van der Waals surface area contributed by atoms with Crippen molar-refractivity contribution in [3.8, 4) is 17.6 Å². The lowest BCUT2D eigenvalue weighted by Gasteiger charge is -2.23. The summed E-state index contributed by atoms with van der Waals surface area (Å²) in [6, 6.07) is 31.6. The van der Waals surface area contributed by atoms with Crippen molar-refractivity contribution >= 4 is 49.3 Å². The number of nitriles is 1. The second-order valence-corrected chi connectivity index (χ2v) is 15.7. The standard InChI is InChI=1S/C48H56N4O2S/c1-6-10-14-34(8-3)27-28-53-39-24-19-38(20-25-39)46-33(5)31-50-44(37-17-22-40(23-18-37)54-32-35(9-4)13-7-2)29-45(51-46)42(30-49)48-52-43-26-21-36-15-11-12-16-41(36)47(43)55-48/h11-12,15-26,29,34-35,50-51H,6-10,13-14,27-28,31-32H2,1-5H3/b44-29+,45-42-,46-33+. The van der Waals surface area contributed by atoms with Gasteiger partial charge in [0.1, 0.15) is 28.1 Å². The number of nitrogens with zero attached hydrogens (tertiary/aromatic N) is 2. The fourth-order valence-electron chi connectivity index (χ4n) is 7.28. The van der Waals surface area contributed by atoms with Gasteiger partial charge in [-0.1, -0.05) is 96.6 Å². The summed E-state index contributed by atoms with van der Waals surface area (Å²) in [5.41, 5.74) is 7.09. The van der Waals surface area contributed by atoms with Gasteiger partial charge in [-0.05, 0) is 114 Å². The van der Waals surface area contributed by atoms with Gasteiger partial charge >= 0.3 is 0 Å². The van der Waals surface area contributed by atoms with Crippen molar-refractivity contribution < 1.29 is 9.47 Å². The zero-order chi connectivity index (χ0) is 38.6. The van der Waals surface area contributed by atoms with E-state index in [1.54, 1.807) is 11.3 Å². The van der Waals surface area contributed by atoms with Crippen molar-refractivity contribution in [1.82, 2.24) is 15.6 Å². The summed E-state index contributed by atoms with van der Waals surface area (Å²) in [4.78, 5) is 5.02. The molecule has 2 unspecified atom stereocenters. The van der Waals surface area contributed by atoms with Gasteiger partial charge in [0.05, 0.1) is 29.1 Å². The quantitative estimate of drug-likeness (QED) is 0.0921. The van der Waals surface area contributed by atoms with Gasteiger partial charge in [-0.3, -0.25) is 0 Å². The lowest BCUT2D eigenvalue weighted by atomic mass is 9.96. The van der Waals surface area contributed by atoms with E-state index in [1.807, 2.05) is 18.2 Å². The Hall–Kier alpha value is -5.06. The number of rotatable bonds is 17. The number of aromatic nitrogens is 1. The number of nitrogens with one attached hydrogen (secondary N) is 2. The van der Waals surface area contributed by atoms with Crippen LogP contribution in [0.1, 0.15) is 102 Å². The Morgan fingerprint density at radius 2 is 1.55 bits per heavy atom. The molecule has 6 rings (SSSR count). The first-order chi connectivity index (χ1) is 26.9. The van der Waals surface area contributed by atoms with Crippen LogP contribution >= 0.6 is 11.3 Å². The van der Waals surface area contributed by atoms with Crippen LogP contribution < -0.4 is 20.1 Å². The van der Waals surface area contributed by atoms with Gasteiger partial charge in [0, 0.05) is 23.3 Å². The van der Waals surface area contributed by atoms with Crippen LogP contribution in [0.2, 0.25) is 0 Å². The maximum atomic E-state index is 10.9. The summed E-state index contributed by atoms with van der Waals surface area (Å²) < 4.78 is 13.5. The molecule has 0 spiro atoms. The monoisotopic (exact) mass is 752 g/mol. The molecule has 0 aliphatic carbocycles. The van der Waals surface area contributed by atoms with Crippen molar-refractivity contribution in [2.75, 3.05) is 19.8 Å². The van der Waals surface area contributed by atoms with E-state index in [0.717, 1.165) is 93.1 Å². The van der Waals surface area contributed by atoms with E-state index in [2.05, 4.69) is 124 Å². The molecule has 286 valence electrons. The third kappa shape index (κ3) is 9.98. The Labute approximate surface area is 332 Å². The van der Waals surface area contributed by atoms with E-state index in [9.17, 15) is 5.26 Å². The van der Waals surface area contributed by atoms with Gasteiger partial charge in [0.25, 0.3) is 0 Å². The van der Waals surface area contributed by atoms with E-state index >= 15 is 0 Å². The highest BCUT2D eigenvalue weighted by molar-refractivity contribution is 7.20. The summed E-state index contributed by atoms with van der Waals surface area (Å²) in [6.07, 6.45) is 11.6. The number of hydrogen-bond donors (Lipinski definition) is 2. The molecule has 7 heteroatoms. The number of ether oxygens (including phenoxy) is 2. The molecule has 0 fully saturated rings. The van der Waals surface area contributed by atoms with Crippen molar-refractivity contribution in [2.45, 2.75) is 86.0 Å². The molecule has 0 saturated carbocycles. The molecular formula is C48H56N4O2S.